The quantitative estimate of drug-likeness (QED) is 0.442. The smallest absolute Gasteiger partial charge is 0.348 e. The minimum absolute atomic E-state index is 0.768. The summed E-state index contributed by atoms with van der Waals surface area (Å²) in [6.45, 7) is 6.97. The molecule has 2 aromatic carbocycles. The Morgan fingerprint density at radius 2 is 1.27 bits per heavy atom. The van der Waals surface area contributed by atoms with Crippen LogP contribution in [0.4, 0.5) is 0 Å². The molecule has 2 aromatic rings. The summed E-state index contributed by atoms with van der Waals surface area (Å²) in [6.07, 6.45) is 0. The Balaban J connectivity index is 2.17. The van der Waals surface area contributed by atoms with Crippen LogP contribution in [0.15, 0.2) is 60.7 Å². The van der Waals surface area contributed by atoms with Crippen molar-refractivity contribution in [1.82, 2.24) is 0 Å². The summed E-state index contributed by atoms with van der Waals surface area (Å²) in [5.74, 6) is 1.54. The molecule has 0 aliphatic heterocycles. The molecular formula is C16H21O2PS2Si. The highest BCUT2D eigenvalue weighted by Crippen LogP contribution is 2.60. The third kappa shape index (κ3) is 6.17. The number of para-hydroxylation sites is 2. The summed E-state index contributed by atoms with van der Waals surface area (Å²) in [5.41, 5.74) is -2.47. The first-order valence-electron chi connectivity index (χ1n) is 7.10. The van der Waals surface area contributed by atoms with Gasteiger partial charge in [0.25, 0.3) is 0 Å². The van der Waals surface area contributed by atoms with Crippen LogP contribution in [0.2, 0.25) is 19.6 Å². The lowest BCUT2D eigenvalue weighted by Gasteiger charge is -2.25. The lowest BCUT2D eigenvalue weighted by molar-refractivity contribution is 0.506. The van der Waals surface area contributed by atoms with Crippen molar-refractivity contribution in [1.29, 1.82) is 0 Å². The maximum absolute atomic E-state index is 6.09. The predicted molar refractivity (Wildman–Crippen MR) is 104 cm³/mol. The van der Waals surface area contributed by atoms with E-state index in [0.717, 1.165) is 16.9 Å². The molecule has 0 heterocycles. The van der Waals surface area contributed by atoms with Gasteiger partial charge in [-0.3, -0.25) is 0 Å². The molecule has 0 fully saturated rings. The Morgan fingerprint density at radius 1 is 0.864 bits per heavy atom. The van der Waals surface area contributed by atoms with Crippen LogP contribution in [0.25, 0.3) is 0 Å². The third-order valence-corrected chi connectivity index (χ3v) is 11.7. The van der Waals surface area contributed by atoms with Crippen molar-refractivity contribution >= 4 is 37.0 Å². The van der Waals surface area contributed by atoms with Crippen molar-refractivity contribution < 1.29 is 9.05 Å². The van der Waals surface area contributed by atoms with Gasteiger partial charge < -0.3 is 9.05 Å². The molecule has 0 aromatic heterocycles. The Morgan fingerprint density at radius 3 is 1.64 bits per heavy atom. The van der Waals surface area contributed by atoms with Crippen molar-refractivity contribution in [2.24, 2.45) is 0 Å². The number of benzene rings is 2. The molecule has 0 aliphatic carbocycles. The maximum Gasteiger partial charge on any atom is 0.348 e. The van der Waals surface area contributed by atoms with E-state index in [4.69, 9.17) is 20.9 Å². The lowest BCUT2D eigenvalue weighted by Crippen LogP contribution is -2.24. The van der Waals surface area contributed by atoms with Crippen molar-refractivity contribution in [3.8, 4) is 11.5 Å². The van der Waals surface area contributed by atoms with Gasteiger partial charge in [-0.05, 0) is 52.8 Å². The molecule has 2 rings (SSSR count). The number of rotatable bonds is 7. The van der Waals surface area contributed by atoms with Crippen LogP contribution in [0, 0.1) is 0 Å². The summed E-state index contributed by atoms with van der Waals surface area (Å²) in [5, 5.41) is 1.02. The van der Waals surface area contributed by atoms with Gasteiger partial charge in [0.05, 0.1) is 8.07 Å². The van der Waals surface area contributed by atoms with Gasteiger partial charge in [0.2, 0.25) is 0 Å². The van der Waals surface area contributed by atoms with E-state index in [2.05, 4.69) is 19.6 Å². The van der Waals surface area contributed by atoms with Gasteiger partial charge >= 0.3 is 5.69 Å². The van der Waals surface area contributed by atoms with Crippen LogP contribution in [-0.4, -0.2) is 13.5 Å². The Kier molecular flexibility index (Phi) is 6.15. The molecule has 0 saturated heterocycles. The highest BCUT2D eigenvalue weighted by molar-refractivity contribution is 8.68. The molecule has 0 bridgehead atoms. The van der Waals surface area contributed by atoms with Crippen LogP contribution in [0.5, 0.6) is 11.5 Å². The zero-order chi connectivity index (χ0) is 16.1. The van der Waals surface area contributed by atoms with E-state index in [1.807, 2.05) is 60.7 Å². The fraction of sp³-hybridized carbons (Fsp3) is 0.250. The Labute approximate surface area is 143 Å². The molecule has 0 unspecified atom stereocenters. The van der Waals surface area contributed by atoms with Gasteiger partial charge in [-0.25, -0.2) is 0 Å². The second kappa shape index (κ2) is 7.69. The molecule has 0 spiro atoms. The van der Waals surface area contributed by atoms with Gasteiger partial charge in [-0.2, -0.15) is 0 Å². The highest BCUT2D eigenvalue weighted by atomic mass is 32.9. The summed E-state index contributed by atoms with van der Waals surface area (Å²) in [4.78, 5) is 0. The summed E-state index contributed by atoms with van der Waals surface area (Å²) in [6, 6.07) is 19.4. The molecule has 0 saturated carbocycles. The first-order chi connectivity index (χ1) is 10.4. The molecule has 0 amide bonds. The van der Waals surface area contributed by atoms with Gasteiger partial charge in [0, 0.05) is 0 Å². The van der Waals surface area contributed by atoms with E-state index >= 15 is 0 Å². The van der Waals surface area contributed by atoms with Gasteiger partial charge in [0.1, 0.15) is 11.5 Å². The average Bonchev–Trinajstić information content (AvgIpc) is 2.47. The van der Waals surface area contributed by atoms with Crippen molar-refractivity contribution in [2.75, 3.05) is 5.38 Å². The summed E-state index contributed by atoms with van der Waals surface area (Å²) in [7, 11) is -1.24. The van der Waals surface area contributed by atoms with E-state index in [1.54, 1.807) is 11.4 Å². The van der Waals surface area contributed by atoms with Crippen molar-refractivity contribution in [3.63, 3.8) is 0 Å². The second-order valence-electron chi connectivity index (χ2n) is 6.09. The van der Waals surface area contributed by atoms with Crippen LogP contribution in [0.3, 0.4) is 0 Å². The van der Waals surface area contributed by atoms with Crippen LogP contribution in [-0.2, 0) is 11.8 Å². The topological polar surface area (TPSA) is 18.5 Å². The largest absolute Gasteiger partial charge is 0.428 e. The van der Waals surface area contributed by atoms with Crippen LogP contribution >= 0.6 is 17.1 Å². The van der Waals surface area contributed by atoms with E-state index < -0.39 is 13.8 Å². The molecule has 0 aliphatic rings. The van der Waals surface area contributed by atoms with Crippen molar-refractivity contribution in [2.45, 2.75) is 19.6 Å². The molecule has 6 heteroatoms. The zero-order valence-corrected chi connectivity index (χ0v) is 16.6. The minimum atomic E-state index is -2.47. The maximum atomic E-state index is 6.09. The lowest BCUT2D eigenvalue weighted by atomic mass is 10.3. The van der Waals surface area contributed by atoms with E-state index in [1.165, 1.54) is 0 Å². The molecular weight excluding hydrogens is 347 g/mol. The number of hydrogen-bond acceptors (Lipinski definition) is 4. The Bertz CT molecular complexity index is 584. The van der Waals surface area contributed by atoms with Gasteiger partial charge in [-0.1, -0.05) is 56.0 Å². The van der Waals surface area contributed by atoms with E-state index in [0.29, 0.717) is 0 Å². The molecule has 0 atom stereocenters. The SMILES string of the molecule is C[Si](C)(C)CSP(=S)(Oc1ccccc1)Oc1ccccc1. The molecule has 22 heavy (non-hydrogen) atoms. The fourth-order valence-electron chi connectivity index (χ4n) is 1.56. The minimum Gasteiger partial charge on any atom is -0.428 e. The molecule has 0 radical (unpaired) electrons. The van der Waals surface area contributed by atoms with Gasteiger partial charge in [-0.15, -0.1) is 0 Å². The van der Waals surface area contributed by atoms with Gasteiger partial charge in [0.15, 0.2) is 0 Å². The normalized spacial score (nSPS) is 12.0. The first kappa shape index (κ1) is 17.6. The third-order valence-electron chi connectivity index (χ3n) is 2.58. The molecule has 0 N–H and O–H groups in total. The second-order valence-corrected chi connectivity index (χ2v) is 18.2. The standard InChI is InChI=1S/C16H21O2PS2Si/c1-22(2,3)14-21-19(20,17-15-10-6-4-7-11-15)18-16-12-8-5-9-13-16/h4-13H,14H2,1-3H3. The first-order valence-corrected chi connectivity index (χ1v) is 15.0. The molecule has 118 valence electrons. The van der Waals surface area contributed by atoms with E-state index in [9.17, 15) is 0 Å². The average molecular weight is 369 g/mol. The zero-order valence-electron chi connectivity index (χ0n) is 13.1. The summed E-state index contributed by atoms with van der Waals surface area (Å²) >= 11 is 7.45. The van der Waals surface area contributed by atoms with Crippen LogP contribution in [0.1, 0.15) is 0 Å². The highest BCUT2D eigenvalue weighted by Gasteiger charge is 2.27. The van der Waals surface area contributed by atoms with E-state index in [-0.39, 0.29) is 0 Å². The Hall–Kier alpha value is -0.743. The number of hydrogen-bond donors (Lipinski definition) is 0. The molecule has 2 nitrogen and oxygen atoms in total. The van der Waals surface area contributed by atoms with Crippen molar-refractivity contribution in [3.05, 3.63) is 60.7 Å². The van der Waals surface area contributed by atoms with Crippen LogP contribution < -0.4 is 9.05 Å². The fourth-order valence-corrected chi connectivity index (χ4v) is 12.3. The summed E-state index contributed by atoms with van der Waals surface area (Å²) < 4.78 is 12.2. The predicted octanol–water partition coefficient (Wildman–Crippen LogP) is 5.98. The monoisotopic (exact) mass is 368 g/mol.